The molecule has 6 nitrogen and oxygen atoms in total. The van der Waals surface area contributed by atoms with Gasteiger partial charge < -0.3 is 5.32 Å². The first kappa shape index (κ1) is 17.5. The van der Waals surface area contributed by atoms with Gasteiger partial charge in [-0.2, -0.15) is 23.4 Å². The Labute approximate surface area is 143 Å². The fourth-order valence-electron chi connectivity index (χ4n) is 2.66. The Morgan fingerprint density at radius 1 is 1.44 bits per heavy atom. The quantitative estimate of drug-likeness (QED) is 0.867. The highest BCUT2D eigenvalue weighted by Gasteiger charge is 2.39. The second-order valence-electron chi connectivity index (χ2n) is 6.27. The molecule has 1 N–H and O–H groups in total. The molecule has 1 fully saturated rings. The van der Waals surface area contributed by atoms with Crippen molar-refractivity contribution in [1.82, 2.24) is 24.9 Å². The highest BCUT2D eigenvalue weighted by atomic mass is 19.4. The van der Waals surface area contributed by atoms with Gasteiger partial charge in [-0.1, -0.05) is 0 Å². The molecule has 1 amide bonds. The number of nitrogens with zero attached hydrogens (tertiary/aromatic N) is 4. The Hall–Kier alpha value is -2.32. The summed E-state index contributed by atoms with van der Waals surface area (Å²) >= 11 is 0. The Balaban J connectivity index is 1.71. The third kappa shape index (κ3) is 3.85. The largest absolute Gasteiger partial charge is 0.435 e. The normalized spacial score (nSPS) is 16.0. The van der Waals surface area contributed by atoms with E-state index < -0.39 is 17.9 Å². The number of hydrogen-bond donors (Lipinski definition) is 1. The summed E-state index contributed by atoms with van der Waals surface area (Å²) in [6.45, 7) is 4.51. The second-order valence-corrected chi connectivity index (χ2v) is 6.27. The molecule has 0 aromatic carbocycles. The number of nitrogens with one attached hydrogen (secondary N) is 1. The number of alkyl halides is 3. The molecule has 2 aromatic rings. The van der Waals surface area contributed by atoms with E-state index in [1.807, 2.05) is 13.1 Å². The van der Waals surface area contributed by atoms with Gasteiger partial charge in [-0.25, -0.2) is 0 Å². The van der Waals surface area contributed by atoms with Gasteiger partial charge in [0.05, 0.1) is 6.20 Å². The summed E-state index contributed by atoms with van der Waals surface area (Å²) in [6, 6.07) is 0.250. The summed E-state index contributed by atoms with van der Waals surface area (Å²) < 4.78 is 41.8. The molecule has 2 heterocycles. The minimum Gasteiger partial charge on any atom is -0.350 e. The van der Waals surface area contributed by atoms with Gasteiger partial charge in [-0.3, -0.25) is 14.2 Å². The summed E-state index contributed by atoms with van der Waals surface area (Å²) in [4.78, 5) is 12.4. The Bertz CT molecular complexity index is 760. The fourth-order valence-corrected chi connectivity index (χ4v) is 2.66. The van der Waals surface area contributed by atoms with E-state index in [-0.39, 0.29) is 18.4 Å². The van der Waals surface area contributed by atoms with E-state index in [4.69, 9.17) is 0 Å². The van der Waals surface area contributed by atoms with Gasteiger partial charge in [0.2, 0.25) is 5.91 Å². The lowest BCUT2D eigenvalue weighted by Crippen LogP contribution is -2.32. The van der Waals surface area contributed by atoms with Crippen LogP contribution in [0, 0.1) is 0 Å². The number of carbonyl (C=O) groups excluding carboxylic acids is 1. The molecule has 9 heteroatoms. The van der Waals surface area contributed by atoms with Gasteiger partial charge >= 0.3 is 6.18 Å². The number of rotatable bonds is 6. The average Bonchev–Trinajstić information content (AvgIpc) is 3.13. The Morgan fingerprint density at radius 2 is 2.16 bits per heavy atom. The predicted octanol–water partition coefficient (Wildman–Crippen LogP) is 2.87. The van der Waals surface area contributed by atoms with Gasteiger partial charge in [-0.05, 0) is 32.8 Å². The summed E-state index contributed by atoms with van der Waals surface area (Å²) in [5, 5.41) is 10.5. The first-order chi connectivity index (χ1) is 11.8. The Morgan fingerprint density at radius 3 is 2.72 bits per heavy atom. The number of amides is 1. The second kappa shape index (κ2) is 6.53. The lowest BCUT2D eigenvalue weighted by atomic mass is 10.2. The van der Waals surface area contributed by atoms with Crippen molar-refractivity contribution in [2.24, 2.45) is 0 Å². The molecular weight excluding hydrogens is 335 g/mol. The van der Waals surface area contributed by atoms with Crippen molar-refractivity contribution < 1.29 is 18.0 Å². The maximum Gasteiger partial charge on any atom is 0.435 e. The average molecular weight is 355 g/mol. The van der Waals surface area contributed by atoms with Crippen LogP contribution in [0.3, 0.4) is 0 Å². The maximum atomic E-state index is 12.9. The number of hydrogen-bond acceptors (Lipinski definition) is 3. The highest BCUT2D eigenvalue weighted by Crippen LogP contribution is 2.42. The highest BCUT2D eigenvalue weighted by molar-refractivity contribution is 5.79. The van der Waals surface area contributed by atoms with Gasteiger partial charge in [0.15, 0.2) is 5.69 Å². The molecule has 1 atom stereocenters. The molecule has 1 aliphatic carbocycles. The first-order valence-electron chi connectivity index (χ1n) is 8.25. The van der Waals surface area contributed by atoms with E-state index in [9.17, 15) is 18.0 Å². The van der Waals surface area contributed by atoms with Crippen molar-refractivity contribution in [2.75, 3.05) is 0 Å². The summed E-state index contributed by atoms with van der Waals surface area (Å²) in [5.41, 5.74) is 0.369. The number of carbonyl (C=O) groups is 1. The van der Waals surface area contributed by atoms with Crippen molar-refractivity contribution >= 4 is 5.91 Å². The van der Waals surface area contributed by atoms with Crippen LogP contribution in [0.15, 0.2) is 18.5 Å². The van der Waals surface area contributed by atoms with Crippen molar-refractivity contribution in [3.8, 4) is 0 Å². The van der Waals surface area contributed by atoms with Crippen LogP contribution in [0.4, 0.5) is 13.2 Å². The molecule has 0 aliphatic heterocycles. The van der Waals surface area contributed by atoms with Crippen LogP contribution in [-0.4, -0.2) is 25.5 Å². The fraction of sp³-hybridized carbons (Fsp3) is 0.562. The van der Waals surface area contributed by atoms with Crippen LogP contribution in [-0.2, 0) is 24.1 Å². The molecule has 2 aromatic heterocycles. The van der Waals surface area contributed by atoms with Crippen molar-refractivity contribution in [1.29, 1.82) is 0 Å². The van der Waals surface area contributed by atoms with Gasteiger partial charge in [-0.15, -0.1) is 0 Å². The SMILES string of the molecule is CCn1cc(CNC(=O)C(C)n2nc(C(F)(F)F)cc2C2CC2)cn1. The molecule has 1 unspecified atom stereocenters. The molecule has 1 saturated carbocycles. The van der Waals surface area contributed by atoms with Crippen molar-refractivity contribution in [3.63, 3.8) is 0 Å². The zero-order valence-electron chi connectivity index (χ0n) is 14.0. The zero-order chi connectivity index (χ0) is 18.2. The van der Waals surface area contributed by atoms with E-state index in [0.29, 0.717) is 5.69 Å². The van der Waals surface area contributed by atoms with E-state index in [1.165, 1.54) is 4.68 Å². The maximum absolute atomic E-state index is 12.9. The smallest absolute Gasteiger partial charge is 0.350 e. The summed E-state index contributed by atoms with van der Waals surface area (Å²) in [6.07, 6.45) is 0.608. The van der Waals surface area contributed by atoms with Gasteiger partial charge in [0.25, 0.3) is 0 Å². The van der Waals surface area contributed by atoms with Crippen LogP contribution in [0.1, 0.15) is 55.6 Å². The van der Waals surface area contributed by atoms with Crippen molar-refractivity contribution in [3.05, 3.63) is 35.4 Å². The predicted molar refractivity (Wildman–Crippen MR) is 83.7 cm³/mol. The van der Waals surface area contributed by atoms with Crippen molar-refractivity contribution in [2.45, 2.75) is 57.9 Å². The van der Waals surface area contributed by atoms with Crippen LogP contribution in [0.2, 0.25) is 0 Å². The monoisotopic (exact) mass is 355 g/mol. The summed E-state index contributed by atoms with van der Waals surface area (Å²) in [7, 11) is 0. The molecule has 3 rings (SSSR count). The molecule has 1 aliphatic rings. The van der Waals surface area contributed by atoms with Crippen LogP contribution in [0.5, 0.6) is 0 Å². The standard InChI is InChI=1S/C16H20F3N5O/c1-3-23-9-11(8-21-23)7-20-15(25)10(2)24-13(12-4-5-12)6-14(22-24)16(17,18)19/h6,8-10,12H,3-5,7H2,1-2H3,(H,20,25). The summed E-state index contributed by atoms with van der Waals surface area (Å²) in [5.74, 6) is -0.315. The molecule has 0 radical (unpaired) electrons. The van der Waals surface area contributed by atoms with Crippen LogP contribution >= 0.6 is 0 Å². The first-order valence-corrected chi connectivity index (χ1v) is 8.25. The minimum atomic E-state index is -4.51. The minimum absolute atomic E-state index is 0.0571. The number of aromatic nitrogens is 4. The molecule has 0 spiro atoms. The number of halogens is 3. The lowest BCUT2D eigenvalue weighted by molar-refractivity contribution is -0.142. The van der Waals surface area contributed by atoms with E-state index in [1.54, 1.807) is 17.8 Å². The third-order valence-corrected chi connectivity index (χ3v) is 4.27. The Kier molecular flexibility index (Phi) is 4.57. The molecule has 136 valence electrons. The van der Waals surface area contributed by atoms with Crippen LogP contribution < -0.4 is 5.32 Å². The van der Waals surface area contributed by atoms with E-state index in [2.05, 4.69) is 15.5 Å². The van der Waals surface area contributed by atoms with Crippen LogP contribution in [0.25, 0.3) is 0 Å². The molecule has 25 heavy (non-hydrogen) atoms. The zero-order valence-corrected chi connectivity index (χ0v) is 14.0. The van der Waals surface area contributed by atoms with Gasteiger partial charge in [0, 0.05) is 36.5 Å². The van der Waals surface area contributed by atoms with E-state index in [0.717, 1.165) is 31.0 Å². The molecular formula is C16H20F3N5O. The van der Waals surface area contributed by atoms with E-state index >= 15 is 0 Å². The molecule has 0 saturated heterocycles. The third-order valence-electron chi connectivity index (χ3n) is 4.27. The molecule has 0 bridgehead atoms. The van der Waals surface area contributed by atoms with Gasteiger partial charge in [0.1, 0.15) is 6.04 Å². The number of aryl methyl sites for hydroxylation is 1. The topological polar surface area (TPSA) is 64.7 Å². The lowest BCUT2D eigenvalue weighted by Gasteiger charge is -2.15.